The maximum absolute atomic E-state index is 4.32. The van der Waals surface area contributed by atoms with Gasteiger partial charge in [-0.3, -0.25) is 24.9 Å². The van der Waals surface area contributed by atoms with Gasteiger partial charge < -0.3 is 0 Å². The molecule has 0 fully saturated rings. The molecule has 0 amide bonds. The Bertz CT molecular complexity index is 4470. The number of benzene rings is 9. The van der Waals surface area contributed by atoms with Gasteiger partial charge in [0.1, 0.15) is 31.6 Å². The van der Waals surface area contributed by atoms with Crippen molar-refractivity contribution in [3.63, 3.8) is 0 Å². The van der Waals surface area contributed by atoms with E-state index in [0.717, 1.165) is 90.3 Å². The van der Waals surface area contributed by atoms with Crippen LogP contribution in [0.2, 0.25) is 0 Å². The molecule has 0 N–H and O–H groups in total. The Morgan fingerprint density at radius 3 is 1.16 bits per heavy atom. The topological polar surface area (TPSA) is 129 Å². The number of aryl methyl sites for hydroxylation is 6. The van der Waals surface area contributed by atoms with E-state index >= 15 is 0 Å². The molecule has 0 aliphatic rings. The number of aromatic nitrogens is 10. The summed E-state index contributed by atoms with van der Waals surface area (Å²) < 4.78 is 0. The van der Waals surface area contributed by atoms with E-state index in [4.69, 9.17) is 0 Å². The molecule has 0 aliphatic carbocycles. The van der Waals surface area contributed by atoms with E-state index in [-0.39, 0.29) is 101 Å². The van der Waals surface area contributed by atoms with Crippen LogP contribution >= 0.6 is 0 Å². The molecule has 5 aromatic heterocycles. The second-order valence-corrected chi connectivity index (χ2v) is 20.1. The van der Waals surface area contributed by atoms with Crippen LogP contribution in [0.15, 0.2) is 250 Å². The number of hydrogen-bond acceptors (Lipinski definition) is 10. The van der Waals surface area contributed by atoms with Crippen LogP contribution in [0.1, 0.15) is 34.0 Å². The van der Waals surface area contributed by atoms with E-state index in [2.05, 4.69) is 172 Å². The van der Waals surface area contributed by atoms with E-state index < -0.39 is 0 Å². The van der Waals surface area contributed by atoms with Crippen molar-refractivity contribution in [3.8, 4) is 78.5 Å². The van der Waals surface area contributed by atoms with Crippen molar-refractivity contribution in [2.24, 2.45) is 0 Å². The molecule has 9 aromatic carbocycles. The van der Waals surface area contributed by atoms with Gasteiger partial charge in [0.25, 0.3) is 0 Å². The molecule has 0 saturated heterocycles. The molecule has 0 unspecified atom stereocenters. The number of nitrogens with zero attached hydrogens (tertiary/aromatic N) is 10. The first-order valence-electron chi connectivity index (χ1n) is 28.0. The van der Waals surface area contributed by atoms with Crippen molar-refractivity contribution in [1.29, 1.82) is 0 Å². The van der Waals surface area contributed by atoms with Crippen LogP contribution in [0.4, 0.5) is 0 Å². The van der Waals surface area contributed by atoms with Crippen molar-refractivity contribution in [2.75, 3.05) is 0 Å². The van der Waals surface area contributed by atoms with Crippen LogP contribution in [0.3, 0.4) is 0 Å². The van der Waals surface area contributed by atoms with E-state index in [1.54, 1.807) is 31.6 Å². The van der Waals surface area contributed by atoms with Crippen LogP contribution in [-0.4, -0.2) is 49.8 Å². The molecule has 5 radical (unpaired) electrons. The minimum absolute atomic E-state index is 0. The molecular formula is C76H59Ir5N10-5. The van der Waals surface area contributed by atoms with Gasteiger partial charge in [0.2, 0.25) is 0 Å². The van der Waals surface area contributed by atoms with Crippen molar-refractivity contribution >= 4 is 21.5 Å². The Balaban J connectivity index is 0.000000205. The molecule has 0 aliphatic heterocycles. The molecule has 0 saturated carbocycles. The maximum atomic E-state index is 4.32. The fourth-order valence-corrected chi connectivity index (χ4v) is 9.19. The molecule has 5 heterocycles. The Hall–Kier alpha value is -7.85. The standard InChI is InChI=1S/2C17H13N2.2C15H11N2.C12H11N2.5Ir/c1-13-10-17(19-12-18-13)16-9-5-8-15(11-16)14-6-3-2-4-7-14;1-13-11-17(19-12-18-13)16-9-7-15(8-10-16)14-5-3-2-4-6-14;1-11-9-15(17-10-16-11)14-8-4-6-12-5-2-3-7-13(12)14;1-11-8-15(17-10-16-11)14-7-6-12-4-2-3-5-13(12)9-14;1-9-4-3-5-11(6-9)12-7-10(2)13-8-14-12;;;;;/h2-8,10-12H,1H3;2-9,11-12H,1H3;2-7,9-10H,1H3;2-6,8-10H,1H3;3-4,6-8H,1-2H3;;;;;/q5*-1;;;;;. The summed E-state index contributed by atoms with van der Waals surface area (Å²) in [5.41, 5.74) is 20.4. The largest absolute Gasteiger partial charge is 0.286 e. The summed E-state index contributed by atoms with van der Waals surface area (Å²) in [6.07, 6.45) is 7.95. The SMILES string of the molecule is Cc1cc(-c2[c-]cc(-c3ccccc3)cc2)ncn1.Cc1cc(-c2[c-]cc3ccccc3c2)ncn1.Cc1cc(-c2[c-]ccc(-c3ccccc3)c2)ncn1.Cc1cc(-c2[c-]ccc3ccccc23)ncn1.Cc1cc[c-]c(-c2cc(C)ncn2)c1.[Ir].[Ir].[Ir].[Ir].[Ir]. The third-order valence-corrected chi connectivity index (χ3v) is 13.6. The van der Waals surface area contributed by atoms with Gasteiger partial charge >= 0.3 is 0 Å². The maximum Gasteiger partial charge on any atom is 0.105 e. The van der Waals surface area contributed by atoms with Crippen LogP contribution in [-0.2, 0) is 101 Å². The Morgan fingerprint density at radius 1 is 0.253 bits per heavy atom. The van der Waals surface area contributed by atoms with Crippen LogP contribution in [0, 0.1) is 71.9 Å². The van der Waals surface area contributed by atoms with Crippen molar-refractivity contribution < 1.29 is 101 Å². The molecule has 15 heteroatoms. The van der Waals surface area contributed by atoms with E-state index in [9.17, 15) is 0 Å². The summed E-state index contributed by atoms with van der Waals surface area (Å²) >= 11 is 0. The van der Waals surface area contributed by atoms with Gasteiger partial charge in [-0.2, -0.15) is 0 Å². The Morgan fingerprint density at radius 2 is 0.659 bits per heavy atom. The number of hydrogen-bond donors (Lipinski definition) is 0. The van der Waals surface area contributed by atoms with Crippen LogP contribution < -0.4 is 0 Å². The fraction of sp³-hybridized carbons (Fsp3) is 0.0789. The zero-order valence-corrected chi connectivity index (χ0v) is 62.3. The predicted octanol–water partition coefficient (Wildman–Crippen LogP) is 17.2. The molecule has 0 bridgehead atoms. The monoisotopic (exact) mass is 2080 g/mol. The van der Waals surface area contributed by atoms with E-state index in [1.807, 2.05) is 168 Å². The van der Waals surface area contributed by atoms with Crippen molar-refractivity contribution in [2.45, 2.75) is 41.5 Å². The van der Waals surface area contributed by atoms with Crippen molar-refractivity contribution in [1.82, 2.24) is 49.8 Å². The van der Waals surface area contributed by atoms with Gasteiger partial charge in [-0.15, -0.1) is 159 Å². The molecule has 14 aromatic rings. The van der Waals surface area contributed by atoms with Gasteiger partial charge in [-0.25, -0.2) is 24.9 Å². The predicted molar refractivity (Wildman–Crippen MR) is 346 cm³/mol. The molecule has 463 valence electrons. The smallest absolute Gasteiger partial charge is 0.105 e. The molecule has 14 rings (SSSR count). The number of rotatable bonds is 7. The second-order valence-electron chi connectivity index (χ2n) is 20.1. The summed E-state index contributed by atoms with van der Waals surface area (Å²) in [6.45, 7) is 11.9. The van der Waals surface area contributed by atoms with Crippen molar-refractivity contribution in [3.05, 3.63) is 314 Å². The van der Waals surface area contributed by atoms with E-state index in [0.29, 0.717) is 0 Å². The minimum Gasteiger partial charge on any atom is -0.286 e. The minimum atomic E-state index is 0. The van der Waals surface area contributed by atoms with Crippen LogP contribution in [0.5, 0.6) is 0 Å². The second kappa shape index (κ2) is 37.5. The van der Waals surface area contributed by atoms with Gasteiger partial charge in [-0.05, 0) is 68.7 Å². The first-order valence-corrected chi connectivity index (χ1v) is 28.0. The molecule has 0 atom stereocenters. The fourth-order valence-electron chi connectivity index (χ4n) is 9.19. The summed E-state index contributed by atoms with van der Waals surface area (Å²) in [4.78, 5) is 41.9. The zero-order chi connectivity index (χ0) is 59.5. The Kier molecular flexibility index (Phi) is 30.4. The molecule has 0 spiro atoms. The summed E-state index contributed by atoms with van der Waals surface area (Å²) in [7, 11) is 0. The average molecular weight is 2070 g/mol. The summed E-state index contributed by atoms with van der Waals surface area (Å²) in [5, 5.41) is 4.78. The first kappa shape index (κ1) is 73.9. The first-order chi connectivity index (χ1) is 42.1. The summed E-state index contributed by atoms with van der Waals surface area (Å²) in [6, 6.07) is 89.6. The number of fused-ring (bicyclic) bond motifs is 2. The molecule has 91 heavy (non-hydrogen) atoms. The van der Waals surface area contributed by atoms with Gasteiger partial charge in [0, 0.05) is 129 Å². The summed E-state index contributed by atoms with van der Waals surface area (Å²) in [5.74, 6) is 0. The third-order valence-electron chi connectivity index (χ3n) is 13.6. The quantitative estimate of drug-likeness (QED) is 0.142. The van der Waals surface area contributed by atoms with Gasteiger partial charge in [-0.1, -0.05) is 168 Å². The van der Waals surface area contributed by atoms with Crippen LogP contribution in [0.25, 0.3) is 100 Å². The normalized spacial score (nSPS) is 9.87. The van der Waals surface area contributed by atoms with E-state index in [1.165, 1.54) is 43.8 Å². The zero-order valence-electron chi connectivity index (χ0n) is 50.3. The van der Waals surface area contributed by atoms with Gasteiger partial charge in [0.15, 0.2) is 0 Å². The average Bonchev–Trinajstić information content (AvgIpc) is 1.66. The Labute approximate surface area is 600 Å². The molecule has 10 nitrogen and oxygen atoms in total. The third kappa shape index (κ3) is 21.4. The van der Waals surface area contributed by atoms with Gasteiger partial charge in [0.05, 0.1) is 0 Å². The molecular weight excluding hydrogens is 2010 g/mol.